The first-order valence-corrected chi connectivity index (χ1v) is 32.9. The zero-order valence-corrected chi connectivity index (χ0v) is 50.2. The van der Waals surface area contributed by atoms with Gasteiger partial charge in [-0.2, -0.15) is 0 Å². The van der Waals surface area contributed by atoms with Crippen molar-refractivity contribution in [2.45, 2.75) is 302 Å². The maximum Gasteiger partial charge on any atom is 0.472 e. The minimum atomic E-state index is -4.39. The van der Waals surface area contributed by atoms with E-state index < -0.39 is 26.5 Å². The molecule has 0 amide bonds. The Morgan fingerprint density at radius 1 is 0.419 bits per heavy atom. The molecule has 0 aliphatic rings. The van der Waals surface area contributed by atoms with Gasteiger partial charge in [0.15, 0.2) is 6.10 Å². The molecule has 0 spiro atoms. The molecule has 2 atom stereocenters. The molecule has 0 radical (unpaired) electrons. The number of hydrogen-bond donors (Lipinski definition) is 1. The third-order valence-corrected chi connectivity index (χ3v) is 14.8. The second-order valence-corrected chi connectivity index (χ2v) is 23.9. The molecule has 0 saturated heterocycles. The summed E-state index contributed by atoms with van der Waals surface area (Å²) in [5.41, 5.74) is 0. The fourth-order valence-corrected chi connectivity index (χ4v) is 9.70. The van der Waals surface area contributed by atoms with Crippen LogP contribution < -0.4 is 0 Å². The lowest BCUT2D eigenvalue weighted by Crippen LogP contribution is -2.37. The summed E-state index contributed by atoms with van der Waals surface area (Å²) in [4.78, 5) is 35.8. The quantitative estimate of drug-likeness (QED) is 0.0211. The predicted molar refractivity (Wildman–Crippen MR) is 317 cm³/mol. The zero-order chi connectivity index (χ0) is 54.2. The molecular weight excluding hydrogens is 942 g/mol. The summed E-state index contributed by atoms with van der Waals surface area (Å²) in [6, 6.07) is 0. The summed E-state index contributed by atoms with van der Waals surface area (Å²) in [5, 5.41) is 0. The molecule has 74 heavy (non-hydrogen) atoms. The smallest absolute Gasteiger partial charge is 0.462 e. The molecule has 0 bridgehead atoms. The van der Waals surface area contributed by atoms with E-state index in [2.05, 4.69) is 62.5 Å². The topological polar surface area (TPSA) is 108 Å². The van der Waals surface area contributed by atoms with Crippen LogP contribution in [0.3, 0.4) is 0 Å². The van der Waals surface area contributed by atoms with Crippen LogP contribution in [0.5, 0.6) is 0 Å². The lowest BCUT2D eigenvalue weighted by molar-refractivity contribution is -0.870. The highest BCUT2D eigenvalue weighted by atomic mass is 31.2. The number of phosphoric ester groups is 1. The number of rotatable bonds is 58. The minimum Gasteiger partial charge on any atom is -0.462 e. The standard InChI is InChI=1S/C64H120NO8P/c1-6-8-10-12-14-16-18-20-22-24-26-28-30-32-34-36-38-40-42-44-46-48-50-52-54-56-63(66)70-60-62(61-72-74(68,69)71-59-58-65(3,4)5)73-64(67)57-55-53-51-49-47-45-43-41-39-37-35-33-31-29-27-25-23-21-19-17-15-13-11-9-7-2/h18-21,24-27,62H,6-17,22-23,28-61H2,1-5H3/p+1/b20-18-,21-19-,26-24-,27-25-. The highest BCUT2D eigenvalue weighted by molar-refractivity contribution is 7.47. The van der Waals surface area contributed by atoms with Gasteiger partial charge in [-0.25, -0.2) is 4.57 Å². The van der Waals surface area contributed by atoms with Gasteiger partial charge in [-0.3, -0.25) is 18.6 Å². The third kappa shape index (κ3) is 59.2. The number of quaternary nitrogens is 1. The minimum absolute atomic E-state index is 0.0319. The van der Waals surface area contributed by atoms with Crippen LogP contribution in [0.1, 0.15) is 296 Å². The Morgan fingerprint density at radius 2 is 0.730 bits per heavy atom. The molecule has 434 valence electrons. The first kappa shape index (κ1) is 72.0. The summed E-state index contributed by atoms with van der Waals surface area (Å²) < 4.78 is 34.6. The van der Waals surface area contributed by atoms with Crippen LogP contribution in [-0.4, -0.2) is 74.9 Å². The summed E-state index contributed by atoms with van der Waals surface area (Å²) in [6.45, 7) is 4.45. The van der Waals surface area contributed by atoms with Crippen LogP contribution in [-0.2, 0) is 32.7 Å². The maximum atomic E-state index is 12.8. The van der Waals surface area contributed by atoms with Crippen LogP contribution >= 0.6 is 7.82 Å². The molecule has 0 fully saturated rings. The number of likely N-dealkylation sites (N-methyl/N-ethyl adjacent to an activating group) is 1. The maximum absolute atomic E-state index is 12.8. The second kappa shape index (κ2) is 55.7. The normalized spacial score (nSPS) is 13.5. The Hall–Kier alpha value is -2.03. The summed E-state index contributed by atoms with van der Waals surface area (Å²) in [7, 11) is 1.48. The van der Waals surface area contributed by atoms with Gasteiger partial charge < -0.3 is 18.9 Å². The van der Waals surface area contributed by atoms with E-state index in [4.69, 9.17) is 18.5 Å². The van der Waals surface area contributed by atoms with Crippen LogP contribution in [0.15, 0.2) is 48.6 Å². The molecule has 2 unspecified atom stereocenters. The number of phosphoric acid groups is 1. The Kier molecular flexibility index (Phi) is 54.2. The van der Waals surface area contributed by atoms with Crippen molar-refractivity contribution in [3.63, 3.8) is 0 Å². The van der Waals surface area contributed by atoms with Gasteiger partial charge in [0.2, 0.25) is 0 Å². The van der Waals surface area contributed by atoms with Crippen molar-refractivity contribution < 1.29 is 42.1 Å². The SMILES string of the molecule is CCCCCCC/C=C\C/C=C\CCCCCCCCCCCCCCCC(=O)OCC(COP(=O)(O)OCC[N+](C)(C)C)OC(=O)CCCCCCCCCCCCCCC/C=C\C/C=C\CCCCCCC. The van der Waals surface area contributed by atoms with Crippen molar-refractivity contribution in [2.75, 3.05) is 47.5 Å². The first-order valence-electron chi connectivity index (χ1n) is 31.4. The predicted octanol–water partition coefficient (Wildman–Crippen LogP) is 19.7. The zero-order valence-electron chi connectivity index (χ0n) is 49.3. The Labute approximate surface area is 458 Å². The third-order valence-electron chi connectivity index (χ3n) is 13.8. The summed E-state index contributed by atoms with van der Waals surface area (Å²) in [5.74, 6) is -0.787. The van der Waals surface area contributed by atoms with E-state index in [-0.39, 0.29) is 32.0 Å². The number of carbonyl (C=O) groups is 2. The molecule has 0 saturated carbocycles. The Balaban J connectivity index is 4.11. The highest BCUT2D eigenvalue weighted by Crippen LogP contribution is 2.43. The van der Waals surface area contributed by atoms with Crippen LogP contribution in [0.25, 0.3) is 0 Å². The number of ether oxygens (including phenoxy) is 2. The van der Waals surface area contributed by atoms with Crippen molar-refractivity contribution in [3.05, 3.63) is 48.6 Å². The highest BCUT2D eigenvalue weighted by Gasteiger charge is 2.27. The lowest BCUT2D eigenvalue weighted by atomic mass is 10.0. The number of carbonyl (C=O) groups excluding carboxylic acids is 2. The fourth-order valence-electron chi connectivity index (χ4n) is 8.96. The number of unbranched alkanes of at least 4 members (excludes halogenated alkanes) is 36. The van der Waals surface area contributed by atoms with Gasteiger partial charge in [-0.05, 0) is 77.0 Å². The van der Waals surface area contributed by atoms with E-state index in [1.807, 2.05) is 21.1 Å². The van der Waals surface area contributed by atoms with E-state index in [1.54, 1.807) is 0 Å². The monoisotopic (exact) mass is 1060 g/mol. The van der Waals surface area contributed by atoms with Crippen molar-refractivity contribution in [1.82, 2.24) is 0 Å². The molecule has 0 aromatic carbocycles. The molecular formula is C64H121NO8P+. The number of nitrogens with zero attached hydrogens (tertiary/aromatic N) is 1. The Morgan fingerprint density at radius 3 is 1.07 bits per heavy atom. The van der Waals surface area contributed by atoms with Gasteiger partial charge in [0, 0.05) is 12.8 Å². The van der Waals surface area contributed by atoms with E-state index in [9.17, 15) is 19.0 Å². The van der Waals surface area contributed by atoms with Gasteiger partial charge in [0.1, 0.15) is 19.8 Å². The molecule has 0 rings (SSSR count). The largest absolute Gasteiger partial charge is 0.472 e. The molecule has 1 N–H and O–H groups in total. The van der Waals surface area contributed by atoms with Crippen LogP contribution in [0, 0.1) is 0 Å². The summed E-state index contributed by atoms with van der Waals surface area (Å²) >= 11 is 0. The molecule has 0 aromatic rings. The Bertz CT molecular complexity index is 1390. The molecule has 0 aliphatic heterocycles. The van der Waals surface area contributed by atoms with Crippen molar-refractivity contribution in [1.29, 1.82) is 0 Å². The molecule has 9 nitrogen and oxygen atoms in total. The fraction of sp³-hybridized carbons (Fsp3) is 0.844. The number of allylic oxidation sites excluding steroid dienone is 8. The van der Waals surface area contributed by atoms with E-state index in [0.717, 1.165) is 44.9 Å². The van der Waals surface area contributed by atoms with E-state index in [0.29, 0.717) is 17.4 Å². The molecule has 0 heterocycles. The van der Waals surface area contributed by atoms with E-state index in [1.165, 1.54) is 218 Å². The molecule has 10 heteroatoms. The van der Waals surface area contributed by atoms with Gasteiger partial charge in [-0.1, -0.05) is 255 Å². The molecule has 0 aromatic heterocycles. The average molecular weight is 1060 g/mol. The van der Waals surface area contributed by atoms with Crippen molar-refractivity contribution >= 4 is 19.8 Å². The summed E-state index contributed by atoms with van der Waals surface area (Å²) in [6.07, 6.45) is 70.4. The second-order valence-electron chi connectivity index (χ2n) is 22.4. The van der Waals surface area contributed by atoms with Crippen LogP contribution in [0.4, 0.5) is 0 Å². The first-order chi connectivity index (χ1) is 36.0. The van der Waals surface area contributed by atoms with Crippen molar-refractivity contribution in [2.24, 2.45) is 0 Å². The number of esters is 2. The van der Waals surface area contributed by atoms with Gasteiger partial charge in [0.25, 0.3) is 0 Å². The van der Waals surface area contributed by atoms with Gasteiger partial charge in [0.05, 0.1) is 27.7 Å². The van der Waals surface area contributed by atoms with Gasteiger partial charge >= 0.3 is 19.8 Å². The molecule has 0 aliphatic carbocycles. The average Bonchev–Trinajstić information content (AvgIpc) is 3.36. The van der Waals surface area contributed by atoms with Crippen molar-refractivity contribution in [3.8, 4) is 0 Å². The van der Waals surface area contributed by atoms with Gasteiger partial charge in [-0.15, -0.1) is 0 Å². The number of hydrogen-bond acceptors (Lipinski definition) is 7. The van der Waals surface area contributed by atoms with Crippen LogP contribution in [0.2, 0.25) is 0 Å². The van der Waals surface area contributed by atoms with E-state index >= 15 is 0 Å². The lowest BCUT2D eigenvalue weighted by Gasteiger charge is -2.24.